The van der Waals surface area contributed by atoms with Gasteiger partial charge in [0.2, 0.25) is 0 Å². The topological polar surface area (TPSA) is 50.2 Å². The molecule has 3 heterocycles. The van der Waals surface area contributed by atoms with Gasteiger partial charge in [-0.1, -0.05) is 50.6 Å². The average Bonchev–Trinajstić information content (AvgIpc) is 3.61. The van der Waals surface area contributed by atoms with Crippen molar-refractivity contribution in [2.24, 2.45) is 0 Å². The maximum absolute atomic E-state index is 14.2. The lowest BCUT2D eigenvalue weighted by Crippen LogP contribution is -2.32. The molecule has 1 amide bonds. The molecule has 0 atom stereocenters. The summed E-state index contributed by atoms with van der Waals surface area (Å²) < 4.78 is 16.3. The fourth-order valence-corrected chi connectivity index (χ4v) is 8.37. The molecule has 2 aromatic carbocycles. The van der Waals surface area contributed by atoms with E-state index in [1.165, 1.54) is 67.1 Å². The van der Waals surface area contributed by atoms with Gasteiger partial charge in [-0.2, -0.15) is 0 Å². The van der Waals surface area contributed by atoms with E-state index in [1.807, 2.05) is 18.2 Å². The third-order valence-electron chi connectivity index (χ3n) is 8.66. The van der Waals surface area contributed by atoms with Crippen LogP contribution in [-0.4, -0.2) is 37.3 Å². The minimum Gasteiger partial charge on any atom is -0.357 e. The number of benzene rings is 2. The lowest BCUT2D eigenvalue weighted by Gasteiger charge is -2.22. The molecule has 7 heteroatoms. The zero-order valence-electron chi connectivity index (χ0n) is 23.6. The predicted octanol–water partition coefficient (Wildman–Crippen LogP) is 6.82. The number of pyridine rings is 1. The van der Waals surface area contributed by atoms with Gasteiger partial charge in [-0.25, -0.2) is 9.37 Å². The average molecular weight is 555 g/mol. The maximum atomic E-state index is 14.2. The Morgan fingerprint density at radius 3 is 2.50 bits per heavy atom. The monoisotopic (exact) mass is 554 g/mol. The summed E-state index contributed by atoms with van der Waals surface area (Å²) in [7, 11) is -1.44. The van der Waals surface area contributed by atoms with Gasteiger partial charge in [0, 0.05) is 25.2 Å². The number of halogens is 1. The molecule has 1 saturated heterocycles. The largest absolute Gasteiger partial charge is 0.357 e. The summed E-state index contributed by atoms with van der Waals surface area (Å²) >= 11 is 0. The van der Waals surface area contributed by atoms with Crippen molar-refractivity contribution < 1.29 is 9.18 Å². The van der Waals surface area contributed by atoms with Crippen LogP contribution in [0.15, 0.2) is 60.8 Å². The Morgan fingerprint density at radius 2 is 1.80 bits per heavy atom. The first kappa shape index (κ1) is 26.8. The van der Waals surface area contributed by atoms with Gasteiger partial charge in [-0.15, -0.1) is 0 Å². The second-order valence-electron chi connectivity index (χ2n) is 11.8. The Morgan fingerprint density at radius 1 is 1.00 bits per heavy atom. The number of amides is 1. The molecule has 6 rings (SSSR count). The molecule has 0 spiro atoms. The molecule has 1 aliphatic heterocycles. The minimum absolute atomic E-state index is 0.126. The van der Waals surface area contributed by atoms with E-state index in [1.54, 1.807) is 18.3 Å². The smallest absolute Gasteiger partial charge is 0.272 e. The van der Waals surface area contributed by atoms with Crippen molar-refractivity contribution in [1.29, 1.82) is 0 Å². The number of fused-ring (bicyclic) bond motifs is 1. The van der Waals surface area contributed by atoms with E-state index in [0.29, 0.717) is 23.8 Å². The number of nitrogens with one attached hydrogen (secondary N) is 1. The second-order valence-corrected chi connectivity index (χ2v) is 14.7. The number of rotatable bonds is 7. The first-order chi connectivity index (χ1) is 19.5. The third kappa shape index (κ3) is 5.44. The van der Waals surface area contributed by atoms with Crippen LogP contribution in [0, 0.1) is 5.82 Å². The lowest BCUT2D eigenvalue weighted by molar-refractivity contribution is 0.102. The van der Waals surface area contributed by atoms with Crippen molar-refractivity contribution in [1.82, 2.24) is 9.55 Å². The molecular formula is C33H39FN4OSi. The Balaban J connectivity index is 1.41. The molecule has 0 unspecified atom stereocenters. The summed E-state index contributed by atoms with van der Waals surface area (Å²) in [6, 6.07) is 17.5. The molecule has 2 fully saturated rings. The van der Waals surface area contributed by atoms with Crippen LogP contribution in [0.3, 0.4) is 0 Å². The van der Waals surface area contributed by atoms with Gasteiger partial charge in [0.1, 0.15) is 17.3 Å². The van der Waals surface area contributed by atoms with Crippen molar-refractivity contribution >= 4 is 42.3 Å². The van der Waals surface area contributed by atoms with E-state index >= 15 is 0 Å². The number of carbonyl (C=O) groups is 1. The first-order valence-electron chi connectivity index (χ1n) is 14.9. The highest BCUT2D eigenvalue weighted by molar-refractivity contribution is 6.74. The number of nitrogens with zero attached hydrogens (tertiary/aromatic N) is 3. The molecule has 208 valence electrons. The van der Waals surface area contributed by atoms with Crippen LogP contribution in [-0.2, 0) is 6.54 Å². The molecule has 1 aliphatic carbocycles. The molecule has 1 saturated carbocycles. The van der Waals surface area contributed by atoms with Crippen LogP contribution >= 0.6 is 0 Å². The van der Waals surface area contributed by atoms with E-state index in [9.17, 15) is 9.18 Å². The number of hydrogen-bond donors (Lipinski definition) is 1. The highest BCUT2D eigenvalue weighted by Gasteiger charge is 2.27. The molecule has 40 heavy (non-hydrogen) atoms. The molecule has 0 bridgehead atoms. The van der Waals surface area contributed by atoms with Crippen molar-refractivity contribution in [3.63, 3.8) is 0 Å². The van der Waals surface area contributed by atoms with Crippen LogP contribution in [0.5, 0.6) is 0 Å². The molecule has 1 N–H and O–H groups in total. The van der Waals surface area contributed by atoms with Gasteiger partial charge in [0.25, 0.3) is 5.91 Å². The highest BCUT2D eigenvalue weighted by Crippen LogP contribution is 2.35. The molecule has 2 aromatic heterocycles. The van der Waals surface area contributed by atoms with Gasteiger partial charge in [0.15, 0.2) is 0 Å². The molecule has 4 aromatic rings. The summed E-state index contributed by atoms with van der Waals surface area (Å²) in [5.41, 5.74) is 4.67. The fraction of sp³-hybridized carbons (Fsp3) is 0.394. The van der Waals surface area contributed by atoms with Crippen molar-refractivity contribution in [3.05, 3.63) is 83.4 Å². The summed E-state index contributed by atoms with van der Waals surface area (Å²) in [4.78, 5) is 21.0. The molecular weight excluding hydrogens is 515 g/mol. The zero-order chi connectivity index (χ0) is 27.6. The number of carbonyl (C=O) groups excluding carboxylic acids is 1. The van der Waals surface area contributed by atoms with Crippen molar-refractivity contribution in [3.8, 4) is 0 Å². The van der Waals surface area contributed by atoms with E-state index in [-0.39, 0.29) is 11.7 Å². The van der Waals surface area contributed by atoms with Gasteiger partial charge in [0.05, 0.1) is 20.7 Å². The SMILES string of the molecule is C[SiH](C)c1c(C(=O)Nc2ccc(N3CCCC3)nc2)n(Cc2cccc(F)c2)c2ccc(C3CCCCC3)cc12. The van der Waals surface area contributed by atoms with Crippen LogP contribution in [0.2, 0.25) is 13.1 Å². The molecule has 2 aliphatic rings. The van der Waals surface area contributed by atoms with Gasteiger partial charge in [-0.3, -0.25) is 4.79 Å². The quantitative estimate of drug-likeness (QED) is 0.255. The summed E-state index contributed by atoms with van der Waals surface area (Å²) in [5.74, 6) is 1.16. The standard InChI is InChI=1S/C33H39FN4OSi/c1-40(2)32-28-20-25(24-10-4-3-5-11-24)13-15-29(28)38(22-23-9-8-12-26(34)19-23)31(32)33(39)36-27-14-16-30(35-21-27)37-17-6-7-18-37/h8-9,12-16,19-21,24,40H,3-7,10-11,17-18,22H2,1-2H3,(H,36,39). The minimum atomic E-state index is -1.44. The summed E-state index contributed by atoms with van der Waals surface area (Å²) in [6.45, 7) is 7.08. The van der Waals surface area contributed by atoms with Crippen molar-refractivity contribution in [2.45, 2.75) is 70.5 Å². The second kappa shape index (κ2) is 11.6. The number of aromatic nitrogens is 2. The highest BCUT2D eigenvalue weighted by atomic mass is 28.3. The Kier molecular flexibility index (Phi) is 7.74. The Bertz CT molecular complexity index is 1500. The van der Waals surface area contributed by atoms with Crippen LogP contribution in [0.25, 0.3) is 10.9 Å². The Hall–Kier alpha value is -3.45. The normalized spacial score (nSPS) is 16.2. The van der Waals surface area contributed by atoms with E-state index in [4.69, 9.17) is 0 Å². The van der Waals surface area contributed by atoms with Crippen LogP contribution in [0.1, 0.15) is 72.5 Å². The third-order valence-corrected chi connectivity index (χ3v) is 10.4. The fourth-order valence-electron chi connectivity index (χ4n) is 6.68. The summed E-state index contributed by atoms with van der Waals surface area (Å²) in [6.07, 6.45) is 10.5. The first-order valence-corrected chi connectivity index (χ1v) is 17.8. The van der Waals surface area contributed by atoms with Crippen LogP contribution in [0.4, 0.5) is 15.9 Å². The van der Waals surface area contributed by atoms with Gasteiger partial charge < -0.3 is 14.8 Å². The van der Waals surface area contributed by atoms with Gasteiger partial charge in [-0.05, 0) is 89.7 Å². The van der Waals surface area contributed by atoms with Gasteiger partial charge >= 0.3 is 0 Å². The Labute approximate surface area is 238 Å². The summed E-state index contributed by atoms with van der Waals surface area (Å²) in [5, 5.41) is 5.53. The predicted molar refractivity (Wildman–Crippen MR) is 165 cm³/mol. The maximum Gasteiger partial charge on any atom is 0.272 e. The number of hydrogen-bond acceptors (Lipinski definition) is 3. The molecule has 5 nitrogen and oxygen atoms in total. The lowest BCUT2D eigenvalue weighted by atomic mass is 9.84. The zero-order valence-corrected chi connectivity index (χ0v) is 24.8. The van der Waals surface area contributed by atoms with Crippen LogP contribution < -0.4 is 15.4 Å². The molecule has 0 radical (unpaired) electrons. The van der Waals surface area contributed by atoms with E-state index in [0.717, 1.165) is 30.0 Å². The van der Waals surface area contributed by atoms with E-state index < -0.39 is 8.80 Å². The van der Waals surface area contributed by atoms with E-state index in [2.05, 4.69) is 51.1 Å². The number of anilines is 2. The van der Waals surface area contributed by atoms with Crippen molar-refractivity contribution in [2.75, 3.05) is 23.3 Å².